The van der Waals surface area contributed by atoms with Crippen LogP contribution in [0.2, 0.25) is 0 Å². The van der Waals surface area contributed by atoms with Crippen LogP contribution in [0.4, 0.5) is 0 Å². The summed E-state index contributed by atoms with van der Waals surface area (Å²) < 4.78 is 5.83. The van der Waals surface area contributed by atoms with E-state index >= 15 is 0 Å². The topological polar surface area (TPSA) is 49.9 Å². The zero-order valence-electron chi connectivity index (χ0n) is 10.2. The average Bonchev–Trinajstić information content (AvgIpc) is 3.09. The summed E-state index contributed by atoms with van der Waals surface area (Å²) in [7, 11) is 0. The van der Waals surface area contributed by atoms with Crippen LogP contribution in [0.1, 0.15) is 23.8 Å². The number of hydrogen-bond acceptors (Lipinski definition) is 3. The number of rotatable bonds is 4. The monoisotopic (exact) mass is 243 g/mol. The number of ether oxygens (including phenoxy) is 1. The van der Waals surface area contributed by atoms with E-state index < -0.39 is 0 Å². The molecule has 1 aromatic heterocycles. The van der Waals surface area contributed by atoms with Crippen LogP contribution in [0, 0.1) is 0 Å². The van der Waals surface area contributed by atoms with Gasteiger partial charge in [-0.3, -0.25) is 5.10 Å². The second-order valence-electron chi connectivity index (χ2n) is 4.56. The zero-order valence-corrected chi connectivity index (χ0v) is 10.2. The first-order chi connectivity index (χ1) is 8.93. The largest absolute Gasteiger partial charge is 0.372 e. The highest BCUT2D eigenvalue weighted by Gasteiger charge is 2.28. The van der Waals surface area contributed by atoms with Gasteiger partial charge in [-0.05, 0) is 18.1 Å². The van der Waals surface area contributed by atoms with Crippen molar-refractivity contribution in [2.45, 2.75) is 25.1 Å². The van der Waals surface area contributed by atoms with Crippen molar-refractivity contribution in [3.63, 3.8) is 0 Å². The minimum atomic E-state index is 0.161. The zero-order chi connectivity index (χ0) is 12.2. The molecule has 94 valence electrons. The van der Waals surface area contributed by atoms with Gasteiger partial charge in [0.05, 0.1) is 6.10 Å². The third-order valence-corrected chi connectivity index (χ3v) is 3.33. The van der Waals surface area contributed by atoms with Crippen molar-refractivity contribution < 1.29 is 4.74 Å². The predicted octanol–water partition coefficient (Wildman–Crippen LogP) is 2.03. The van der Waals surface area contributed by atoms with E-state index in [0.717, 1.165) is 25.3 Å². The van der Waals surface area contributed by atoms with Gasteiger partial charge in [-0.25, -0.2) is 0 Å². The van der Waals surface area contributed by atoms with Crippen LogP contribution in [0.5, 0.6) is 0 Å². The molecule has 0 spiro atoms. The lowest BCUT2D eigenvalue weighted by Crippen LogP contribution is -2.31. The SMILES string of the molecule is c1ccc([C@H]2OCC[C@@H]2NCc2ccn[nH]2)cc1. The minimum absolute atomic E-state index is 0.161. The second kappa shape index (κ2) is 5.33. The molecule has 2 heterocycles. The van der Waals surface area contributed by atoms with E-state index in [1.807, 2.05) is 12.1 Å². The predicted molar refractivity (Wildman–Crippen MR) is 69.0 cm³/mol. The first kappa shape index (κ1) is 11.4. The van der Waals surface area contributed by atoms with Gasteiger partial charge in [0, 0.05) is 31.1 Å². The normalized spacial score (nSPS) is 23.3. The molecule has 2 atom stereocenters. The quantitative estimate of drug-likeness (QED) is 0.864. The first-order valence-electron chi connectivity index (χ1n) is 6.31. The molecule has 0 bridgehead atoms. The van der Waals surface area contributed by atoms with Gasteiger partial charge in [-0.1, -0.05) is 30.3 Å². The molecule has 2 aromatic rings. The Morgan fingerprint density at radius 3 is 2.94 bits per heavy atom. The Kier molecular flexibility index (Phi) is 3.39. The van der Waals surface area contributed by atoms with Gasteiger partial charge < -0.3 is 10.1 Å². The van der Waals surface area contributed by atoms with E-state index in [-0.39, 0.29) is 6.10 Å². The highest BCUT2D eigenvalue weighted by molar-refractivity contribution is 5.20. The second-order valence-corrected chi connectivity index (χ2v) is 4.56. The van der Waals surface area contributed by atoms with Crippen LogP contribution >= 0.6 is 0 Å². The van der Waals surface area contributed by atoms with E-state index in [0.29, 0.717) is 6.04 Å². The summed E-state index contributed by atoms with van der Waals surface area (Å²) in [6.45, 7) is 1.62. The van der Waals surface area contributed by atoms with E-state index in [1.165, 1.54) is 5.56 Å². The molecule has 1 aliphatic heterocycles. The maximum Gasteiger partial charge on any atom is 0.0978 e. The Balaban J connectivity index is 1.65. The Hall–Kier alpha value is -1.65. The molecular weight excluding hydrogens is 226 g/mol. The number of benzene rings is 1. The van der Waals surface area contributed by atoms with Crippen LogP contribution in [-0.2, 0) is 11.3 Å². The number of hydrogen-bond donors (Lipinski definition) is 2. The third kappa shape index (κ3) is 2.44. The number of nitrogens with zero attached hydrogens (tertiary/aromatic N) is 1. The molecule has 0 saturated carbocycles. The van der Waals surface area contributed by atoms with Crippen LogP contribution < -0.4 is 5.32 Å². The maximum atomic E-state index is 5.83. The van der Waals surface area contributed by atoms with Crippen molar-refractivity contribution in [3.8, 4) is 0 Å². The van der Waals surface area contributed by atoms with Gasteiger partial charge in [0.1, 0.15) is 0 Å². The highest BCUT2D eigenvalue weighted by atomic mass is 16.5. The molecule has 0 amide bonds. The fourth-order valence-corrected chi connectivity index (χ4v) is 2.39. The van der Waals surface area contributed by atoms with Crippen molar-refractivity contribution in [3.05, 3.63) is 53.9 Å². The summed E-state index contributed by atoms with van der Waals surface area (Å²) in [5, 5.41) is 10.4. The number of aromatic nitrogens is 2. The molecule has 0 unspecified atom stereocenters. The summed E-state index contributed by atoms with van der Waals surface area (Å²) in [6.07, 6.45) is 2.99. The van der Waals surface area contributed by atoms with Gasteiger partial charge in [0.2, 0.25) is 0 Å². The lowest BCUT2D eigenvalue weighted by molar-refractivity contribution is 0.0984. The van der Waals surface area contributed by atoms with E-state index in [4.69, 9.17) is 4.74 Å². The number of aromatic amines is 1. The molecule has 1 aromatic carbocycles. The average molecular weight is 243 g/mol. The third-order valence-electron chi connectivity index (χ3n) is 3.33. The summed E-state index contributed by atoms with van der Waals surface area (Å²) in [5.74, 6) is 0. The fraction of sp³-hybridized carbons (Fsp3) is 0.357. The van der Waals surface area contributed by atoms with Gasteiger partial charge in [-0.2, -0.15) is 5.10 Å². The molecule has 0 aliphatic carbocycles. The molecule has 2 N–H and O–H groups in total. The Labute approximate surface area is 106 Å². The summed E-state index contributed by atoms with van der Waals surface area (Å²) in [5.41, 5.74) is 2.35. The van der Waals surface area contributed by atoms with E-state index in [9.17, 15) is 0 Å². The summed E-state index contributed by atoms with van der Waals surface area (Å²) in [6, 6.07) is 12.8. The van der Waals surface area contributed by atoms with E-state index in [1.54, 1.807) is 6.20 Å². The van der Waals surface area contributed by atoms with Crippen LogP contribution in [0.25, 0.3) is 0 Å². The van der Waals surface area contributed by atoms with E-state index in [2.05, 4.69) is 39.8 Å². The van der Waals surface area contributed by atoms with Gasteiger partial charge >= 0.3 is 0 Å². The lowest BCUT2D eigenvalue weighted by atomic mass is 10.0. The molecule has 4 nitrogen and oxygen atoms in total. The van der Waals surface area contributed by atoms with Crippen molar-refractivity contribution in [1.82, 2.24) is 15.5 Å². The Morgan fingerprint density at radius 2 is 2.17 bits per heavy atom. The van der Waals surface area contributed by atoms with Gasteiger partial charge in [0.15, 0.2) is 0 Å². The minimum Gasteiger partial charge on any atom is -0.372 e. The van der Waals surface area contributed by atoms with Gasteiger partial charge in [-0.15, -0.1) is 0 Å². The lowest BCUT2D eigenvalue weighted by Gasteiger charge is -2.19. The van der Waals surface area contributed by atoms with Crippen LogP contribution in [0.15, 0.2) is 42.6 Å². The maximum absolute atomic E-state index is 5.83. The molecular formula is C14H17N3O. The van der Waals surface area contributed by atoms with Crippen molar-refractivity contribution in [1.29, 1.82) is 0 Å². The van der Waals surface area contributed by atoms with Crippen LogP contribution in [-0.4, -0.2) is 22.8 Å². The first-order valence-corrected chi connectivity index (χ1v) is 6.31. The highest BCUT2D eigenvalue weighted by Crippen LogP contribution is 2.28. The molecule has 1 saturated heterocycles. The molecule has 1 fully saturated rings. The van der Waals surface area contributed by atoms with Crippen LogP contribution in [0.3, 0.4) is 0 Å². The molecule has 1 aliphatic rings. The standard InChI is InChI=1S/C14H17N3O/c1-2-4-11(5-3-1)14-13(7-9-18-14)15-10-12-6-8-16-17-12/h1-6,8,13-15H,7,9-10H2,(H,16,17)/t13-,14+/m0/s1. The van der Waals surface area contributed by atoms with Crippen molar-refractivity contribution in [2.75, 3.05) is 6.61 Å². The summed E-state index contributed by atoms with van der Waals surface area (Å²) >= 11 is 0. The summed E-state index contributed by atoms with van der Waals surface area (Å²) in [4.78, 5) is 0. The van der Waals surface area contributed by atoms with Gasteiger partial charge in [0.25, 0.3) is 0 Å². The fourth-order valence-electron chi connectivity index (χ4n) is 2.39. The van der Waals surface area contributed by atoms with Crippen molar-refractivity contribution in [2.24, 2.45) is 0 Å². The van der Waals surface area contributed by atoms with Crippen molar-refractivity contribution >= 4 is 0 Å². The number of H-pyrrole nitrogens is 1. The molecule has 0 radical (unpaired) electrons. The molecule has 4 heteroatoms. The smallest absolute Gasteiger partial charge is 0.0978 e. The molecule has 18 heavy (non-hydrogen) atoms. The molecule has 3 rings (SSSR count). The Morgan fingerprint density at radius 1 is 1.28 bits per heavy atom. The Bertz CT molecular complexity index is 469. The number of nitrogens with one attached hydrogen (secondary N) is 2.